The van der Waals surface area contributed by atoms with Crippen LogP contribution >= 0.6 is 0 Å². The first kappa shape index (κ1) is 16.8. The van der Waals surface area contributed by atoms with E-state index in [9.17, 15) is 4.79 Å². The van der Waals surface area contributed by atoms with Crippen LogP contribution in [-0.4, -0.2) is 43.0 Å². The van der Waals surface area contributed by atoms with Gasteiger partial charge in [-0.25, -0.2) is 0 Å². The van der Waals surface area contributed by atoms with Crippen LogP contribution in [0.5, 0.6) is 0 Å². The average Bonchev–Trinajstić information content (AvgIpc) is 3.02. The van der Waals surface area contributed by atoms with Crippen molar-refractivity contribution in [2.24, 2.45) is 5.92 Å². The summed E-state index contributed by atoms with van der Waals surface area (Å²) in [5, 5.41) is 6.85. The Kier molecular flexibility index (Phi) is 5.46. The minimum Gasteiger partial charge on any atom is -0.382 e. The zero-order valence-electron chi connectivity index (χ0n) is 14.4. The maximum absolute atomic E-state index is 12.8. The highest BCUT2D eigenvalue weighted by molar-refractivity contribution is 5.97. The van der Waals surface area contributed by atoms with Crippen LogP contribution in [0.25, 0.3) is 0 Å². The standard InChI is InChI=1S/C18H29N3O/c1-12(2)14(4)20-17-8-6-7-16(13(17)3)18(22)21(5)15-9-10-19-11-15/h6-8,12,14-15,19-20H,9-11H2,1-5H3. The second kappa shape index (κ2) is 7.14. The van der Waals surface area contributed by atoms with E-state index in [0.717, 1.165) is 36.3 Å². The number of likely N-dealkylation sites (N-methyl/N-ethyl adjacent to an activating group) is 1. The molecule has 22 heavy (non-hydrogen) atoms. The van der Waals surface area contributed by atoms with Crippen molar-refractivity contribution < 1.29 is 4.79 Å². The summed E-state index contributed by atoms with van der Waals surface area (Å²) in [5.41, 5.74) is 2.90. The molecule has 0 spiro atoms. The van der Waals surface area contributed by atoms with Crippen molar-refractivity contribution in [3.8, 4) is 0 Å². The van der Waals surface area contributed by atoms with Crippen LogP contribution in [0.4, 0.5) is 5.69 Å². The molecule has 122 valence electrons. The molecule has 1 aromatic rings. The molecule has 2 N–H and O–H groups in total. The van der Waals surface area contributed by atoms with E-state index in [1.807, 2.05) is 31.0 Å². The van der Waals surface area contributed by atoms with Gasteiger partial charge in [-0.1, -0.05) is 19.9 Å². The van der Waals surface area contributed by atoms with E-state index in [2.05, 4.69) is 37.5 Å². The van der Waals surface area contributed by atoms with Crippen molar-refractivity contribution in [3.63, 3.8) is 0 Å². The Morgan fingerprint density at radius 1 is 1.36 bits per heavy atom. The van der Waals surface area contributed by atoms with Gasteiger partial charge >= 0.3 is 0 Å². The van der Waals surface area contributed by atoms with Gasteiger partial charge in [-0.2, -0.15) is 0 Å². The Morgan fingerprint density at radius 2 is 2.09 bits per heavy atom. The van der Waals surface area contributed by atoms with Gasteiger partial charge < -0.3 is 15.5 Å². The Balaban J connectivity index is 2.18. The summed E-state index contributed by atoms with van der Waals surface area (Å²) in [6.07, 6.45) is 1.03. The molecule has 0 saturated carbocycles. The van der Waals surface area contributed by atoms with Gasteiger partial charge in [0.1, 0.15) is 0 Å². The minimum absolute atomic E-state index is 0.118. The second-order valence-electron chi connectivity index (χ2n) is 6.72. The molecule has 2 atom stereocenters. The van der Waals surface area contributed by atoms with Gasteiger partial charge in [0.2, 0.25) is 0 Å². The van der Waals surface area contributed by atoms with Crippen molar-refractivity contribution in [1.82, 2.24) is 10.2 Å². The van der Waals surface area contributed by atoms with Gasteiger partial charge in [-0.05, 0) is 50.4 Å². The number of carbonyl (C=O) groups excluding carboxylic acids is 1. The van der Waals surface area contributed by atoms with Crippen molar-refractivity contribution in [1.29, 1.82) is 0 Å². The molecule has 1 aromatic carbocycles. The summed E-state index contributed by atoms with van der Waals surface area (Å²) >= 11 is 0. The molecule has 1 saturated heterocycles. The highest BCUT2D eigenvalue weighted by Crippen LogP contribution is 2.23. The third kappa shape index (κ3) is 3.61. The molecular weight excluding hydrogens is 274 g/mol. The molecule has 1 aliphatic heterocycles. The molecule has 0 aromatic heterocycles. The topological polar surface area (TPSA) is 44.4 Å². The summed E-state index contributed by atoms with van der Waals surface area (Å²) in [5.74, 6) is 0.665. The Morgan fingerprint density at radius 3 is 2.68 bits per heavy atom. The van der Waals surface area contributed by atoms with E-state index in [1.165, 1.54) is 0 Å². The molecule has 4 nitrogen and oxygen atoms in total. The van der Waals surface area contributed by atoms with E-state index in [-0.39, 0.29) is 5.91 Å². The van der Waals surface area contributed by atoms with Crippen molar-refractivity contribution in [3.05, 3.63) is 29.3 Å². The lowest BCUT2D eigenvalue weighted by Gasteiger charge is -2.26. The molecule has 0 radical (unpaired) electrons. The largest absolute Gasteiger partial charge is 0.382 e. The third-order valence-corrected chi connectivity index (χ3v) is 4.85. The van der Waals surface area contributed by atoms with Crippen LogP contribution in [0.1, 0.15) is 43.1 Å². The lowest BCUT2D eigenvalue weighted by molar-refractivity contribution is 0.0743. The number of nitrogens with one attached hydrogen (secondary N) is 2. The Labute approximate surface area is 134 Å². The van der Waals surface area contributed by atoms with Crippen LogP contribution < -0.4 is 10.6 Å². The van der Waals surface area contributed by atoms with Crippen LogP contribution in [0.3, 0.4) is 0 Å². The number of carbonyl (C=O) groups is 1. The van der Waals surface area contributed by atoms with Crippen LogP contribution in [0.15, 0.2) is 18.2 Å². The number of anilines is 1. The number of rotatable bonds is 5. The zero-order valence-corrected chi connectivity index (χ0v) is 14.4. The number of amides is 1. The van der Waals surface area contributed by atoms with Crippen molar-refractivity contribution in [2.75, 3.05) is 25.5 Å². The van der Waals surface area contributed by atoms with Crippen LogP contribution in [0, 0.1) is 12.8 Å². The van der Waals surface area contributed by atoms with Gasteiger partial charge in [0.05, 0.1) is 0 Å². The molecule has 1 heterocycles. The molecule has 2 unspecified atom stereocenters. The number of hydrogen-bond donors (Lipinski definition) is 2. The van der Waals surface area contributed by atoms with Crippen molar-refractivity contribution >= 4 is 11.6 Å². The van der Waals surface area contributed by atoms with Crippen LogP contribution in [0.2, 0.25) is 0 Å². The predicted octanol–water partition coefficient (Wildman–Crippen LogP) is 2.89. The summed E-state index contributed by atoms with van der Waals surface area (Å²) in [4.78, 5) is 14.7. The van der Waals surface area contributed by atoms with E-state index in [1.54, 1.807) is 0 Å². The van der Waals surface area contributed by atoms with Gasteiger partial charge in [-0.15, -0.1) is 0 Å². The van der Waals surface area contributed by atoms with E-state index >= 15 is 0 Å². The molecule has 0 bridgehead atoms. The van der Waals surface area contributed by atoms with Gasteiger partial charge in [0, 0.05) is 36.9 Å². The first-order valence-corrected chi connectivity index (χ1v) is 8.25. The number of hydrogen-bond acceptors (Lipinski definition) is 3. The lowest BCUT2D eigenvalue weighted by atomic mass is 10.0. The normalized spacial score (nSPS) is 19.3. The third-order valence-electron chi connectivity index (χ3n) is 4.85. The number of nitrogens with zero attached hydrogens (tertiary/aromatic N) is 1. The zero-order chi connectivity index (χ0) is 16.3. The SMILES string of the molecule is Cc1c(NC(C)C(C)C)cccc1C(=O)N(C)C1CCNC1. The molecule has 1 aliphatic rings. The molecular formula is C18H29N3O. The van der Waals surface area contributed by atoms with Gasteiger partial charge in [-0.3, -0.25) is 4.79 Å². The summed E-state index contributed by atoms with van der Waals surface area (Å²) < 4.78 is 0. The summed E-state index contributed by atoms with van der Waals surface area (Å²) in [6, 6.07) is 6.64. The van der Waals surface area contributed by atoms with Crippen LogP contribution in [-0.2, 0) is 0 Å². The fraction of sp³-hybridized carbons (Fsp3) is 0.611. The first-order chi connectivity index (χ1) is 10.4. The summed E-state index contributed by atoms with van der Waals surface area (Å²) in [7, 11) is 1.91. The molecule has 2 rings (SSSR count). The highest BCUT2D eigenvalue weighted by atomic mass is 16.2. The fourth-order valence-corrected chi connectivity index (χ4v) is 2.76. The minimum atomic E-state index is 0.118. The van der Waals surface area contributed by atoms with E-state index in [4.69, 9.17) is 0 Å². The maximum Gasteiger partial charge on any atom is 0.254 e. The predicted molar refractivity (Wildman–Crippen MR) is 92.5 cm³/mol. The first-order valence-electron chi connectivity index (χ1n) is 8.25. The molecule has 4 heteroatoms. The fourth-order valence-electron chi connectivity index (χ4n) is 2.76. The van der Waals surface area contributed by atoms with E-state index < -0.39 is 0 Å². The Bertz CT molecular complexity index is 521. The highest BCUT2D eigenvalue weighted by Gasteiger charge is 2.25. The van der Waals surface area contributed by atoms with Gasteiger partial charge in [0.15, 0.2) is 0 Å². The van der Waals surface area contributed by atoms with Gasteiger partial charge in [0.25, 0.3) is 5.91 Å². The van der Waals surface area contributed by atoms with E-state index in [0.29, 0.717) is 18.0 Å². The quantitative estimate of drug-likeness (QED) is 0.879. The Hall–Kier alpha value is -1.55. The maximum atomic E-state index is 12.8. The second-order valence-corrected chi connectivity index (χ2v) is 6.72. The lowest BCUT2D eigenvalue weighted by Crippen LogP contribution is -2.38. The molecule has 0 aliphatic carbocycles. The molecule has 1 amide bonds. The molecule has 1 fully saturated rings. The van der Waals surface area contributed by atoms with Crippen molar-refractivity contribution in [2.45, 2.75) is 46.2 Å². The summed E-state index contributed by atoms with van der Waals surface area (Å²) in [6.45, 7) is 10.5. The number of benzene rings is 1. The average molecular weight is 303 g/mol. The smallest absolute Gasteiger partial charge is 0.254 e. The monoisotopic (exact) mass is 303 g/mol.